The highest BCUT2D eigenvalue weighted by molar-refractivity contribution is 6.03. The topological polar surface area (TPSA) is 96.6 Å². The van der Waals surface area contributed by atoms with Gasteiger partial charge in [0.25, 0.3) is 5.91 Å². The summed E-state index contributed by atoms with van der Waals surface area (Å²) < 4.78 is 5.73. The molecule has 0 aliphatic heterocycles. The van der Waals surface area contributed by atoms with Crippen LogP contribution in [0, 0.1) is 0 Å². The van der Waals surface area contributed by atoms with Crippen molar-refractivity contribution in [3.05, 3.63) is 84.8 Å². The number of benzene rings is 2. The highest BCUT2D eigenvalue weighted by Gasteiger charge is 2.10. The lowest BCUT2D eigenvalue weighted by atomic mass is 10.2. The Labute approximate surface area is 152 Å². The van der Waals surface area contributed by atoms with Gasteiger partial charge < -0.3 is 26.2 Å². The molecule has 2 rings (SSSR count). The Morgan fingerprint density at radius 1 is 1.08 bits per heavy atom. The van der Waals surface area contributed by atoms with Crippen molar-refractivity contribution < 1.29 is 14.6 Å². The van der Waals surface area contributed by atoms with Crippen molar-refractivity contribution in [2.75, 3.05) is 17.7 Å². The van der Waals surface area contributed by atoms with E-state index in [9.17, 15) is 9.90 Å². The van der Waals surface area contributed by atoms with Gasteiger partial charge >= 0.3 is 0 Å². The van der Waals surface area contributed by atoms with E-state index in [1.165, 1.54) is 18.2 Å². The van der Waals surface area contributed by atoms with Gasteiger partial charge in [-0.3, -0.25) is 4.79 Å². The molecule has 0 heterocycles. The first kappa shape index (κ1) is 18.7. The van der Waals surface area contributed by atoms with E-state index in [0.29, 0.717) is 17.2 Å². The number of hydrogen-bond donors (Lipinski definition) is 4. The first-order chi connectivity index (χ1) is 12.5. The van der Waals surface area contributed by atoms with Gasteiger partial charge in [0.15, 0.2) is 0 Å². The molecule has 0 saturated heterocycles. The number of aliphatic hydroxyl groups excluding tert-OH is 1. The zero-order valence-electron chi connectivity index (χ0n) is 14.4. The lowest BCUT2D eigenvalue weighted by molar-refractivity contribution is -0.113. The molecule has 2 aromatic carbocycles. The molecule has 0 aliphatic rings. The number of carbonyl (C=O) groups excluding carboxylic acids is 1. The lowest BCUT2D eigenvalue weighted by Crippen LogP contribution is -2.21. The second-order valence-corrected chi connectivity index (χ2v) is 5.25. The molecule has 0 spiro atoms. The van der Waals surface area contributed by atoms with E-state index < -0.39 is 5.91 Å². The highest BCUT2D eigenvalue weighted by Crippen LogP contribution is 2.24. The Bertz CT molecular complexity index is 822. The van der Waals surface area contributed by atoms with Gasteiger partial charge in [-0.1, -0.05) is 18.7 Å². The highest BCUT2D eigenvalue weighted by atomic mass is 16.5. The second-order valence-electron chi connectivity index (χ2n) is 5.25. The van der Waals surface area contributed by atoms with Crippen LogP contribution in [0.2, 0.25) is 0 Å². The van der Waals surface area contributed by atoms with Gasteiger partial charge in [0.1, 0.15) is 23.0 Å². The number of nitrogens with two attached hydrogens (primary N) is 1. The van der Waals surface area contributed by atoms with E-state index in [4.69, 9.17) is 10.5 Å². The van der Waals surface area contributed by atoms with Crippen LogP contribution in [-0.4, -0.2) is 18.1 Å². The Kier molecular flexibility index (Phi) is 6.45. The van der Waals surface area contributed by atoms with Gasteiger partial charge in [-0.05, 0) is 54.6 Å². The number of rotatable bonds is 7. The molecule has 6 nitrogen and oxygen atoms in total. The summed E-state index contributed by atoms with van der Waals surface area (Å²) in [6.45, 7) is 3.47. The number of anilines is 2. The summed E-state index contributed by atoms with van der Waals surface area (Å²) in [5.74, 6) is 0.396. The van der Waals surface area contributed by atoms with E-state index in [0.717, 1.165) is 5.69 Å². The first-order valence-corrected chi connectivity index (χ1v) is 7.88. The Morgan fingerprint density at radius 2 is 1.62 bits per heavy atom. The molecule has 2 aromatic rings. The molecule has 6 heteroatoms. The number of aliphatic hydroxyl groups is 1. The van der Waals surface area contributed by atoms with Crippen LogP contribution in [0.5, 0.6) is 11.5 Å². The summed E-state index contributed by atoms with van der Waals surface area (Å²) in [6.07, 6.45) is 4.23. The van der Waals surface area contributed by atoms with E-state index in [2.05, 4.69) is 17.2 Å². The molecule has 0 saturated carbocycles. The smallest absolute Gasteiger partial charge is 0.275 e. The summed E-state index contributed by atoms with van der Waals surface area (Å²) in [7, 11) is 1.85. The van der Waals surface area contributed by atoms with Crippen molar-refractivity contribution >= 4 is 17.3 Å². The molecular formula is C20H21N3O3. The van der Waals surface area contributed by atoms with Crippen molar-refractivity contribution in [2.24, 2.45) is 5.73 Å². The minimum absolute atomic E-state index is 0.284. The summed E-state index contributed by atoms with van der Waals surface area (Å²) in [4.78, 5) is 12.0. The molecule has 0 bridgehead atoms. The molecule has 0 aliphatic carbocycles. The third kappa shape index (κ3) is 5.17. The quantitative estimate of drug-likeness (QED) is 0.344. The number of ether oxygens (including phenoxy) is 1. The summed E-state index contributed by atoms with van der Waals surface area (Å²) in [5, 5.41) is 15.3. The molecular weight excluding hydrogens is 330 g/mol. The first-order valence-electron chi connectivity index (χ1n) is 7.88. The van der Waals surface area contributed by atoms with Crippen molar-refractivity contribution in [1.82, 2.24) is 0 Å². The van der Waals surface area contributed by atoms with Crippen LogP contribution in [-0.2, 0) is 4.79 Å². The molecule has 0 atom stereocenters. The maximum Gasteiger partial charge on any atom is 0.275 e. The predicted molar refractivity (Wildman–Crippen MR) is 104 cm³/mol. The number of nitrogens with one attached hydrogen (secondary N) is 2. The monoisotopic (exact) mass is 351 g/mol. The van der Waals surface area contributed by atoms with Crippen LogP contribution in [0.1, 0.15) is 0 Å². The largest absolute Gasteiger partial charge is 0.506 e. The minimum atomic E-state index is -0.604. The van der Waals surface area contributed by atoms with Crippen molar-refractivity contribution in [1.29, 1.82) is 0 Å². The van der Waals surface area contributed by atoms with Gasteiger partial charge in [0.05, 0.1) is 0 Å². The van der Waals surface area contributed by atoms with Crippen LogP contribution in [0.3, 0.4) is 0 Å². The third-order valence-electron chi connectivity index (χ3n) is 3.40. The van der Waals surface area contributed by atoms with Gasteiger partial charge in [-0.15, -0.1) is 0 Å². The normalized spacial score (nSPS) is 11.6. The standard InChI is InChI=1S/C20H21N3O3/c1-3-4-5-18(24)19(21)20(25)23-15-8-12-17(13-9-15)26-16-10-6-14(22-2)7-11-16/h3-13,22,24H,1,21H2,2H3,(H,23,25)/b5-4-,19-18+. The van der Waals surface area contributed by atoms with E-state index in [-0.39, 0.29) is 11.5 Å². The summed E-state index contributed by atoms with van der Waals surface area (Å²) >= 11 is 0. The molecule has 5 N–H and O–H groups in total. The molecule has 1 amide bonds. The Morgan fingerprint density at radius 3 is 2.12 bits per heavy atom. The van der Waals surface area contributed by atoms with Gasteiger partial charge in [-0.2, -0.15) is 0 Å². The average molecular weight is 351 g/mol. The van der Waals surface area contributed by atoms with Crippen molar-refractivity contribution in [3.63, 3.8) is 0 Å². The average Bonchev–Trinajstić information content (AvgIpc) is 2.67. The molecule has 0 aromatic heterocycles. The molecule has 0 fully saturated rings. The zero-order valence-corrected chi connectivity index (χ0v) is 14.4. The SMILES string of the molecule is C=C/C=C\C(O)=C(/N)C(=O)Nc1ccc(Oc2ccc(NC)cc2)cc1. The van der Waals surface area contributed by atoms with Crippen molar-refractivity contribution in [2.45, 2.75) is 0 Å². The lowest BCUT2D eigenvalue weighted by Gasteiger charge is -2.09. The summed E-state index contributed by atoms with van der Waals surface area (Å²) in [6, 6.07) is 14.3. The van der Waals surface area contributed by atoms with Crippen LogP contribution in [0.4, 0.5) is 11.4 Å². The maximum atomic E-state index is 12.0. The second kappa shape index (κ2) is 8.98. The fourth-order valence-corrected chi connectivity index (χ4v) is 2.00. The predicted octanol–water partition coefficient (Wildman–Crippen LogP) is 3.93. The van der Waals surface area contributed by atoms with Crippen LogP contribution >= 0.6 is 0 Å². The Hall–Kier alpha value is -3.67. The van der Waals surface area contributed by atoms with Crippen LogP contribution < -0.4 is 21.1 Å². The number of allylic oxidation sites excluding steroid dienone is 3. The maximum absolute atomic E-state index is 12.0. The molecule has 134 valence electrons. The van der Waals surface area contributed by atoms with E-state index in [1.807, 2.05) is 31.3 Å². The Balaban J connectivity index is 2.01. The van der Waals surface area contributed by atoms with Gasteiger partial charge in [-0.25, -0.2) is 0 Å². The number of hydrogen-bond acceptors (Lipinski definition) is 5. The minimum Gasteiger partial charge on any atom is -0.506 e. The van der Waals surface area contributed by atoms with Gasteiger partial charge in [0, 0.05) is 18.4 Å². The molecule has 26 heavy (non-hydrogen) atoms. The number of amides is 1. The number of carbonyl (C=O) groups is 1. The third-order valence-corrected chi connectivity index (χ3v) is 3.40. The fraction of sp³-hybridized carbons (Fsp3) is 0.0500. The molecule has 0 radical (unpaired) electrons. The van der Waals surface area contributed by atoms with Crippen LogP contribution in [0.25, 0.3) is 0 Å². The zero-order chi connectivity index (χ0) is 18.9. The van der Waals surface area contributed by atoms with E-state index >= 15 is 0 Å². The van der Waals surface area contributed by atoms with Crippen molar-refractivity contribution in [3.8, 4) is 11.5 Å². The van der Waals surface area contributed by atoms with Crippen LogP contribution in [0.15, 0.2) is 84.8 Å². The molecule has 0 unspecified atom stereocenters. The summed E-state index contributed by atoms with van der Waals surface area (Å²) in [5.41, 5.74) is 6.84. The van der Waals surface area contributed by atoms with Gasteiger partial charge in [0.2, 0.25) is 0 Å². The fourth-order valence-electron chi connectivity index (χ4n) is 2.00. The van der Waals surface area contributed by atoms with E-state index in [1.54, 1.807) is 24.3 Å².